The van der Waals surface area contributed by atoms with Crippen LogP contribution in [0.5, 0.6) is 17.2 Å². The van der Waals surface area contributed by atoms with E-state index in [4.69, 9.17) is 23.9 Å². The molecule has 9 nitrogen and oxygen atoms in total. The fourth-order valence-corrected chi connectivity index (χ4v) is 6.52. The first kappa shape index (κ1) is 32.0. The number of thiazole rings is 1. The van der Waals surface area contributed by atoms with E-state index in [1.807, 2.05) is 72.8 Å². The molecule has 1 aliphatic heterocycles. The molecule has 2 heterocycles. The third-order valence-electron chi connectivity index (χ3n) is 7.79. The molecule has 1 aliphatic rings. The van der Waals surface area contributed by atoms with Crippen LogP contribution in [0.1, 0.15) is 40.8 Å². The van der Waals surface area contributed by atoms with Crippen LogP contribution in [-0.4, -0.2) is 31.4 Å². The molecule has 6 rings (SSSR count). The third-order valence-corrected chi connectivity index (χ3v) is 8.77. The summed E-state index contributed by atoms with van der Waals surface area (Å²) in [5.74, 6) is 0.992. The second-order valence-corrected chi connectivity index (χ2v) is 11.7. The Kier molecular flexibility index (Phi) is 9.50. The highest BCUT2D eigenvalue weighted by Gasteiger charge is 2.35. The average molecular weight is 658 g/mol. The predicted molar refractivity (Wildman–Crippen MR) is 183 cm³/mol. The highest BCUT2D eigenvalue weighted by Crippen LogP contribution is 2.36. The van der Waals surface area contributed by atoms with Gasteiger partial charge >= 0.3 is 5.97 Å². The van der Waals surface area contributed by atoms with Crippen LogP contribution < -0.4 is 29.1 Å². The minimum atomic E-state index is -0.825. The van der Waals surface area contributed by atoms with Crippen molar-refractivity contribution in [1.82, 2.24) is 4.57 Å². The second-order valence-electron chi connectivity index (χ2n) is 10.7. The first-order chi connectivity index (χ1) is 23.4. The third kappa shape index (κ3) is 6.36. The summed E-state index contributed by atoms with van der Waals surface area (Å²) >= 11 is 1.23. The lowest BCUT2D eigenvalue weighted by atomic mass is 9.93. The second kappa shape index (κ2) is 14.2. The number of fused-ring (bicyclic) bond motifs is 1. The number of esters is 1. The van der Waals surface area contributed by atoms with Crippen molar-refractivity contribution in [3.05, 3.63) is 150 Å². The molecule has 1 atom stereocenters. The van der Waals surface area contributed by atoms with E-state index in [1.165, 1.54) is 11.3 Å². The molecule has 0 aliphatic carbocycles. The minimum Gasteiger partial charge on any atom is -0.497 e. The van der Waals surface area contributed by atoms with Gasteiger partial charge in [-0.3, -0.25) is 9.36 Å². The van der Waals surface area contributed by atoms with E-state index in [2.05, 4.69) is 6.07 Å². The van der Waals surface area contributed by atoms with Crippen molar-refractivity contribution in [3.8, 4) is 23.3 Å². The molecule has 10 heteroatoms. The lowest BCUT2D eigenvalue weighted by Gasteiger charge is -2.26. The molecular weight excluding hydrogens is 627 g/mol. The maximum atomic E-state index is 14.3. The van der Waals surface area contributed by atoms with Crippen molar-refractivity contribution in [2.24, 2.45) is 4.99 Å². The zero-order chi connectivity index (χ0) is 33.6. The minimum absolute atomic E-state index is 0.159. The van der Waals surface area contributed by atoms with E-state index in [0.29, 0.717) is 49.0 Å². The molecule has 5 aromatic rings. The Hall–Kier alpha value is -5.92. The van der Waals surface area contributed by atoms with Gasteiger partial charge in [-0.1, -0.05) is 78.1 Å². The van der Waals surface area contributed by atoms with Crippen LogP contribution >= 0.6 is 11.3 Å². The van der Waals surface area contributed by atoms with Crippen LogP contribution in [0.3, 0.4) is 0 Å². The summed E-state index contributed by atoms with van der Waals surface area (Å²) in [5.41, 5.74) is 3.79. The number of aromatic nitrogens is 1. The Labute approximate surface area is 280 Å². The van der Waals surface area contributed by atoms with Gasteiger partial charge in [0.1, 0.15) is 12.4 Å². The smallest absolute Gasteiger partial charge is 0.338 e. The first-order valence-electron chi connectivity index (χ1n) is 15.2. The summed E-state index contributed by atoms with van der Waals surface area (Å²) in [7, 11) is 3.11. The van der Waals surface area contributed by atoms with Crippen LogP contribution in [0.25, 0.3) is 11.8 Å². The predicted octanol–water partition coefficient (Wildman–Crippen LogP) is 5.40. The summed E-state index contributed by atoms with van der Waals surface area (Å²) in [4.78, 5) is 33.3. The summed E-state index contributed by atoms with van der Waals surface area (Å²) in [6.45, 7) is 2.09. The Morgan fingerprint density at radius 2 is 1.75 bits per heavy atom. The lowest BCUT2D eigenvalue weighted by molar-refractivity contribution is -0.138. The number of nitrogens with zero attached hydrogens (tertiary/aromatic N) is 3. The van der Waals surface area contributed by atoms with Gasteiger partial charge in [0, 0.05) is 11.1 Å². The van der Waals surface area contributed by atoms with E-state index >= 15 is 0 Å². The molecule has 0 fully saturated rings. The van der Waals surface area contributed by atoms with Crippen LogP contribution in [0, 0.1) is 11.3 Å². The summed E-state index contributed by atoms with van der Waals surface area (Å²) in [5, 5.41) is 9.42. The topological polar surface area (TPSA) is 112 Å². The monoisotopic (exact) mass is 657 g/mol. The number of rotatable bonds is 10. The van der Waals surface area contributed by atoms with Crippen LogP contribution in [0.4, 0.5) is 0 Å². The summed E-state index contributed by atoms with van der Waals surface area (Å²) in [6, 6.07) is 30.7. The Bertz CT molecular complexity index is 2250. The number of nitriles is 1. The Balaban J connectivity index is 1.47. The van der Waals surface area contributed by atoms with Crippen molar-refractivity contribution in [3.63, 3.8) is 0 Å². The molecule has 0 saturated heterocycles. The van der Waals surface area contributed by atoms with Crippen molar-refractivity contribution < 1.29 is 23.7 Å². The molecule has 0 amide bonds. The van der Waals surface area contributed by atoms with E-state index in [9.17, 15) is 14.9 Å². The standard InChI is InChI=1S/C38H31N3O6S/c1-4-46-37(43)33-34(25-11-6-5-7-12-25)40-38-41(35(33)26-15-10-16-29(21-26)44-2)36(42)32(48-38)20-24-17-18-30(31(19-24)45-3)47-23-28-14-9-8-13-27(28)22-39/h5-21,35H,4,23H2,1-3H3/b32-20+/t35-/m0/s1. The van der Waals surface area contributed by atoms with Gasteiger partial charge in [0.2, 0.25) is 0 Å². The molecule has 240 valence electrons. The highest BCUT2D eigenvalue weighted by atomic mass is 32.1. The van der Waals surface area contributed by atoms with E-state index in [0.717, 1.165) is 11.1 Å². The SMILES string of the molecule is CCOC(=O)C1=C(c2ccccc2)N=c2s/c(=C/c3ccc(OCc4ccccc4C#N)c(OC)c3)c(=O)n2[C@H]1c1cccc(OC)c1. The zero-order valence-electron chi connectivity index (χ0n) is 26.5. The van der Waals surface area contributed by atoms with Crippen LogP contribution in [-0.2, 0) is 16.1 Å². The largest absolute Gasteiger partial charge is 0.497 e. The van der Waals surface area contributed by atoms with Crippen molar-refractivity contribution in [2.45, 2.75) is 19.6 Å². The van der Waals surface area contributed by atoms with Gasteiger partial charge in [0.25, 0.3) is 5.56 Å². The Morgan fingerprint density at radius 3 is 2.50 bits per heavy atom. The molecule has 0 N–H and O–H groups in total. The number of hydrogen-bond acceptors (Lipinski definition) is 9. The molecule has 0 saturated carbocycles. The zero-order valence-corrected chi connectivity index (χ0v) is 27.3. The number of ether oxygens (including phenoxy) is 4. The van der Waals surface area contributed by atoms with Crippen molar-refractivity contribution >= 4 is 29.1 Å². The van der Waals surface area contributed by atoms with Crippen LogP contribution in [0.15, 0.2) is 112 Å². The maximum absolute atomic E-state index is 14.3. The van der Waals surface area contributed by atoms with Gasteiger partial charge in [-0.15, -0.1) is 0 Å². The number of hydrogen-bond donors (Lipinski definition) is 0. The number of methoxy groups -OCH3 is 2. The molecule has 48 heavy (non-hydrogen) atoms. The fourth-order valence-electron chi connectivity index (χ4n) is 5.52. The first-order valence-corrected chi connectivity index (χ1v) is 16.0. The maximum Gasteiger partial charge on any atom is 0.338 e. The molecule has 0 unspecified atom stereocenters. The lowest BCUT2D eigenvalue weighted by Crippen LogP contribution is -2.40. The molecule has 1 aromatic heterocycles. The number of benzene rings is 4. The van der Waals surface area contributed by atoms with E-state index < -0.39 is 12.0 Å². The van der Waals surface area contributed by atoms with Gasteiger partial charge in [-0.25, -0.2) is 9.79 Å². The van der Waals surface area contributed by atoms with Gasteiger partial charge in [-0.05, 0) is 54.5 Å². The average Bonchev–Trinajstić information content (AvgIpc) is 3.44. The molecule has 0 spiro atoms. The summed E-state index contributed by atoms with van der Waals surface area (Å²) < 4.78 is 24.7. The molecular formula is C38H31N3O6S. The number of carbonyl (C=O) groups excluding carboxylic acids is 1. The normalized spacial score (nSPS) is 14.0. The quantitative estimate of drug-likeness (QED) is 0.185. The van der Waals surface area contributed by atoms with Crippen molar-refractivity contribution in [1.29, 1.82) is 5.26 Å². The van der Waals surface area contributed by atoms with Gasteiger partial charge in [0.05, 0.1) is 54.3 Å². The summed E-state index contributed by atoms with van der Waals surface area (Å²) in [6.07, 6.45) is 1.76. The molecule has 0 radical (unpaired) electrons. The highest BCUT2D eigenvalue weighted by molar-refractivity contribution is 7.07. The number of carbonyl (C=O) groups is 1. The van der Waals surface area contributed by atoms with E-state index in [1.54, 1.807) is 56.1 Å². The van der Waals surface area contributed by atoms with Gasteiger partial charge in [-0.2, -0.15) is 5.26 Å². The van der Waals surface area contributed by atoms with Gasteiger partial charge < -0.3 is 18.9 Å². The Morgan fingerprint density at radius 1 is 0.958 bits per heavy atom. The fraction of sp³-hybridized carbons (Fsp3) is 0.158. The van der Waals surface area contributed by atoms with E-state index in [-0.39, 0.29) is 24.3 Å². The molecule has 0 bridgehead atoms. The van der Waals surface area contributed by atoms with Crippen LogP contribution in [0.2, 0.25) is 0 Å². The van der Waals surface area contributed by atoms with Crippen molar-refractivity contribution in [2.75, 3.05) is 20.8 Å². The van der Waals surface area contributed by atoms with Gasteiger partial charge in [0.15, 0.2) is 16.3 Å². The molecule has 4 aromatic carbocycles.